The van der Waals surface area contributed by atoms with Crippen molar-refractivity contribution in [2.45, 2.75) is 582 Å². The van der Waals surface area contributed by atoms with Gasteiger partial charge < -0.3 is 0 Å². The van der Waals surface area contributed by atoms with Gasteiger partial charge in [0.15, 0.2) is 0 Å². The minimum atomic E-state index is 0.595. The lowest BCUT2D eigenvalue weighted by molar-refractivity contribution is -0.0646. The van der Waals surface area contributed by atoms with Crippen molar-refractivity contribution in [2.24, 2.45) is 197 Å². The summed E-state index contributed by atoms with van der Waals surface area (Å²) >= 11 is 4.64. The number of halogens is 1. The van der Waals surface area contributed by atoms with Gasteiger partial charge in [0.1, 0.15) is 0 Å². The van der Waals surface area contributed by atoms with Crippen molar-refractivity contribution < 1.29 is 0 Å². The van der Waals surface area contributed by atoms with Crippen LogP contribution < -0.4 is 0 Å². The van der Waals surface area contributed by atoms with Crippen LogP contribution in [0.15, 0.2) is 60.8 Å². The predicted molar refractivity (Wildman–Crippen MR) is 618 cm³/mol. The van der Waals surface area contributed by atoms with Crippen molar-refractivity contribution in [2.75, 3.05) is 6.38 Å². The Balaban J connectivity index is -0.00000135. The van der Waals surface area contributed by atoms with E-state index < -0.39 is 0 Å². The highest BCUT2D eigenvalue weighted by Crippen LogP contribution is 2.69. The van der Waals surface area contributed by atoms with Gasteiger partial charge in [-0.1, -0.05) is 450 Å². The van der Waals surface area contributed by atoms with E-state index in [4.69, 9.17) is 0 Å². The third-order valence-electron chi connectivity index (χ3n) is 40.2. The van der Waals surface area contributed by atoms with Gasteiger partial charge in [-0.25, -0.2) is 0 Å². The van der Waals surface area contributed by atoms with Gasteiger partial charge >= 0.3 is 0 Å². The van der Waals surface area contributed by atoms with Crippen LogP contribution in [0.4, 0.5) is 0 Å². The molecule has 21 unspecified atom stereocenters. The molecule has 0 heterocycles. The zero-order valence-electron chi connectivity index (χ0n) is 101. The standard InChI is InChI=1S/2C11H20.C10H16.C9H14.C9H16.C9H14.C8H14.C8H12.2C7H12.C7H10.C7H12.14C2H6.CH3Cl/c1-8-10(2,3)9-5-6-11(8,4)7-9;1-8-7-9-5-6-11(8,4)10(9,2)3;1-10(2)8-4-3-5-9(10)7-6-8;1-9(2)7-3-4-8(9)6-5-7;2*1-9(2)7-4-3-5-8(9)6-7;1-8(2)6-3-4-7(8)5-6;1-2-7-4-5-8(3-1)6-7;1-5-2-6-3-7(5)4-6;2*1-2-7-4-3-6(1)5-7;1-2-6-4-7(3-1)5-6;15*1-2/h2*8-9H,5-7H2,1-4H3;6-9H,3-5H2,1-2H3;3-4,7-8H,5-6H2,1-2H3;7-8H,3-6H2,1-2H3;3-4,7-8H,5-6H2,1-2H3;6-7H,3-5H2,1-2H3;4-5,7-8H,1-3,6H2;5-7H,2-4H2,1H3;6-7H,1-5H2;1-2,6-7H,3-5H2;6-7H,1-5H2;14*1-2H3;1H3. The SMILES string of the molecule is C1=CC2CCC1C2.C1=CC2CCCC1C2.C1CC2CC(C1)C2.C1CC2CCC1C2.CC.CC.CC.CC.CC.CC.CC.CC.CC.CC.CC.CC.CC.CC.CC1(C)C2C=CC1CC2.CC1(C)C2C=CC1CCC2.CC1(C)C2C=CCC1C2.CC1(C)C2CCC1C2.CC1(C)C2CCCC1C2.CC1C2(C)CCC(C2)C1(C)C.CC1CC2CC1C2.CC1CC2CCC1(C)C2(C)C.CCl. The van der Waals surface area contributed by atoms with Gasteiger partial charge in [0.25, 0.3) is 0 Å². The fraction of sp³-hybridized carbons (Fsp3) is 0.924. The molecular weight excluding hydrogens is 1620 g/mol. The summed E-state index contributed by atoms with van der Waals surface area (Å²) in [7, 11) is 0. The topological polar surface area (TPSA) is 0 Å². The van der Waals surface area contributed by atoms with Gasteiger partial charge in [0.2, 0.25) is 0 Å². The maximum Gasteiger partial charge on any atom is 0.0108 e. The summed E-state index contributed by atoms with van der Waals surface area (Å²) in [4.78, 5) is 0. The molecule has 23 fully saturated rings. The Labute approximate surface area is 851 Å². The van der Waals surface area contributed by atoms with E-state index >= 15 is 0 Å². The molecule has 0 aromatic heterocycles. The largest absolute Gasteiger partial charge is 0.130 e. The summed E-state index contributed by atoms with van der Waals surface area (Å²) in [5.74, 6) is 25.9. The third kappa shape index (κ3) is 37.2. The molecular formula is C132H259Cl. The molecule has 0 aromatic rings. The Hall–Kier alpha value is -1.01. The van der Waals surface area contributed by atoms with E-state index in [9.17, 15) is 0 Å². The Morgan fingerprint density at radius 1 is 0.226 bits per heavy atom. The number of allylic oxidation sites excluding steroid dienone is 10. The monoisotopic (exact) mass is 1880 g/mol. The molecule has 29 rings (SSSR count). The van der Waals surface area contributed by atoms with Gasteiger partial charge in [-0.2, -0.15) is 0 Å². The Kier molecular flexibility index (Phi) is 71.5. The van der Waals surface area contributed by atoms with Crippen molar-refractivity contribution in [1.82, 2.24) is 0 Å². The summed E-state index contributed by atoms with van der Waals surface area (Å²) in [6.45, 7) is 102. The lowest BCUT2D eigenvalue weighted by atomic mass is 9.49. The minimum Gasteiger partial charge on any atom is -0.130 e. The number of hydrogen-bond acceptors (Lipinski definition) is 0. The van der Waals surface area contributed by atoms with Crippen molar-refractivity contribution in [3.63, 3.8) is 0 Å². The maximum absolute atomic E-state index is 4.64. The zero-order valence-corrected chi connectivity index (χ0v) is 102. The third-order valence-corrected chi connectivity index (χ3v) is 40.2. The molecule has 0 aliphatic heterocycles. The van der Waals surface area contributed by atoms with E-state index in [2.05, 4.69) is 204 Å². The lowest BCUT2D eigenvalue weighted by Gasteiger charge is -2.56. The first kappa shape index (κ1) is 136. The fourth-order valence-electron chi connectivity index (χ4n) is 29.5. The highest BCUT2D eigenvalue weighted by Gasteiger charge is 2.60. The maximum atomic E-state index is 4.64. The fourth-order valence-corrected chi connectivity index (χ4v) is 29.5. The summed E-state index contributed by atoms with van der Waals surface area (Å²) in [6.07, 6.45) is 85.8. The second-order valence-electron chi connectivity index (χ2n) is 47.3. The number of hydrogen-bond donors (Lipinski definition) is 0. The molecule has 1 heteroatoms. The van der Waals surface area contributed by atoms with Crippen LogP contribution in [0.3, 0.4) is 0 Å². The van der Waals surface area contributed by atoms with Crippen LogP contribution in [0.1, 0.15) is 582 Å². The second-order valence-corrected chi connectivity index (χ2v) is 47.3. The molecule has 0 saturated heterocycles. The van der Waals surface area contributed by atoms with Crippen LogP contribution in [0.2, 0.25) is 0 Å². The summed E-state index contributed by atoms with van der Waals surface area (Å²) in [5, 5.41) is 0. The predicted octanol–water partition coefficient (Wildman–Crippen LogP) is 46.4. The molecule has 23 saturated carbocycles. The first-order valence-electron chi connectivity index (χ1n) is 61.4. The molecule has 0 radical (unpaired) electrons. The van der Waals surface area contributed by atoms with Crippen LogP contribution >= 0.6 is 11.6 Å². The van der Waals surface area contributed by atoms with Gasteiger partial charge in [-0.15, -0.1) is 11.6 Å². The molecule has 21 atom stereocenters. The highest BCUT2D eigenvalue weighted by molar-refractivity contribution is 6.15. The molecule has 24 bridgehead atoms. The zero-order chi connectivity index (χ0) is 103. The molecule has 0 nitrogen and oxygen atoms in total. The van der Waals surface area contributed by atoms with E-state index in [-0.39, 0.29) is 0 Å². The van der Waals surface area contributed by atoms with Crippen molar-refractivity contribution in [3.8, 4) is 0 Å². The van der Waals surface area contributed by atoms with Gasteiger partial charge in [-0.3, -0.25) is 0 Å². The molecule has 0 N–H and O–H groups in total. The second kappa shape index (κ2) is 69.9. The van der Waals surface area contributed by atoms with Gasteiger partial charge in [0.05, 0.1) is 0 Å². The van der Waals surface area contributed by atoms with Crippen LogP contribution in [-0.4, -0.2) is 6.38 Å². The molecule has 0 aromatic carbocycles. The van der Waals surface area contributed by atoms with E-state index in [0.717, 1.165) is 129 Å². The number of alkyl halides is 1. The number of fused-ring (bicyclic) bond motifs is 21. The van der Waals surface area contributed by atoms with E-state index in [0.29, 0.717) is 37.9 Å². The Morgan fingerprint density at radius 2 is 0.571 bits per heavy atom. The molecule has 29 aliphatic rings. The molecule has 133 heavy (non-hydrogen) atoms. The molecule has 0 amide bonds. The van der Waals surface area contributed by atoms with Crippen molar-refractivity contribution >= 4 is 11.6 Å². The first-order valence-corrected chi connectivity index (χ1v) is 62.2. The van der Waals surface area contributed by atoms with Crippen LogP contribution in [0.25, 0.3) is 0 Å². The van der Waals surface area contributed by atoms with Crippen LogP contribution in [0, 0.1) is 197 Å². The van der Waals surface area contributed by atoms with E-state index in [1.54, 1.807) is 89.9 Å². The average Bonchev–Trinajstić information content (AvgIpc) is 1.60. The van der Waals surface area contributed by atoms with E-state index in [1.807, 2.05) is 194 Å². The summed E-state index contributed by atoms with van der Waals surface area (Å²) in [5.41, 5.74) is 5.97. The summed E-state index contributed by atoms with van der Waals surface area (Å²) in [6, 6.07) is 0. The smallest absolute Gasteiger partial charge is 0.0108 e. The normalized spacial score (nSPS) is 37.8. The first-order chi connectivity index (χ1) is 63.7. The Bertz CT molecular complexity index is 2770. The summed E-state index contributed by atoms with van der Waals surface area (Å²) < 4.78 is 0. The average molecular weight is 1880 g/mol. The Morgan fingerprint density at radius 3 is 0.744 bits per heavy atom. The number of rotatable bonds is 0. The van der Waals surface area contributed by atoms with Gasteiger partial charge in [-0.05, 0) is 389 Å². The van der Waals surface area contributed by atoms with E-state index in [1.165, 1.54) is 203 Å². The molecule has 29 aliphatic carbocycles. The molecule has 0 spiro atoms. The lowest BCUT2D eigenvalue weighted by Crippen LogP contribution is -2.47. The van der Waals surface area contributed by atoms with Crippen LogP contribution in [0.5, 0.6) is 0 Å². The molecule has 794 valence electrons. The highest BCUT2D eigenvalue weighted by atomic mass is 35.5. The minimum absolute atomic E-state index is 0.595. The van der Waals surface area contributed by atoms with Crippen molar-refractivity contribution in [1.29, 1.82) is 0 Å². The van der Waals surface area contributed by atoms with Crippen molar-refractivity contribution in [3.05, 3.63) is 60.8 Å². The van der Waals surface area contributed by atoms with Crippen LogP contribution in [-0.2, 0) is 0 Å². The van der Waals surface area contributed by atoms with Gasteiger partial charge in [0, 0.05) is 6.38 Å². The quantitative estimate of drug-likeness (QED) is 0.168.